The fraction of sp³-hybridized carbons (Fsp3) is 0.333. The van der Waals surface area contributed by atoms with Crippen LogP contribution in [0.15, 0.2) is 34.9 Å². The summed E-state index contributed by atoms with van der Waals surface area (Å²) in [6.07, 6.45) is 1.90. The monoisotopic (exact) mass is 305 g/mol. The van der Waals surface area contributed by atoms with E-state index in [1.165, 1.54) is 12.1 Å². The topological polar surface area (TPSA) is 78.6 Å². The Hall–Kier alpha value is -2.41. The fourth-order valence-corrected chi connectivity index (χ4v) is 2.21. The number of nitrogens with one attached hydrogen (secondary N) is 1. The maximum atomic E-state index is 12.9. The van der Waals surface area contributed by atoms with E-state index >= 15 is 0 Å². The lowest BCUT2D eigenvalue weighted by Crippen LogP contribution is -2.38. The summed E-state index contributed by atoms with van der Waals surface area (Å²) in [5, 5.41) is 15.5. The van der Waals surface area contributed by atoms with Gasteiger partial charge in [0.25, 0.3) is 0 Å². The number of aliphatic hydroxyl groups is 1. The van der Waals surface area contributed by atoms with Crippen LogP contribution in [0.4, 0.5) is 15.0 Å². The van der Waals surface area contributed by atoms with Crippen LogP contribution in [-0.2, 0) is 0 Å². The van der Waals surface area contributed by atoms with Gasteiger partial charge in [0, 0.05) is 24.2 Å². The van der Waals surface area contributed by atoms with Crippen molar-refractivity contribution in [2.45, 2.75) is 18.9 Å². The van der Waals surface area contributed by atoms with Crippen molar-refractivity contribution in [3.8, 4) is 11.3 Å². The average molecular weight is 305 g/mol. The highest BCUT2D eigenvalue weighted by Crippen LogP contribution is 2.28. The van der Waals surface area contributed by atoms with Crippen LogP contribution in [0, 0.1) is 5.82 Å². The SMILES string of the molecule is O=C(Nc1cc(-c2ccc(F)cc2)on1)N(CCO)C1CC1. The summed E-state index contributed by atoms with van der Waals surface area (Å²) in [4.78, 5) is 13.7. The van der Waals surface area contributed by atoms with Gasteiger partial charge in [0.15, 0.2) is 11.6 Å². The molecule has 1 saturated carbocycles. The first-order valence-corrected chi connectivity index (χ1v) is 7.08. The number of amides is 2. The second-order valence-electron chi connectivity index (χ2n) is 5.16. The van der Waals surface area contributed by atoms with Crippen molar-refractivity contribution in [2.24, 2.45) is 0 Å². The van der Waals surface area contributed by atoms with Crippen molar-refractivity contribution < 1.29 is 18.8 Å². The molecule has 0 bridgehead atoms. The van der Waals surface area contributed by atoms with E-state index in [1.54, 1.807) is 23.1 Å². The lowest BCUT2D eigenvalue weighted by Gasteiger charge is -2.20. The first kappa shape index (κ1) is 14.5. The highest BCUT2D eigenvalue weighted by atomic mass is 19.1. The van der Waals surface area contributed by atoms with Crippen molar-refractivity contribution in [1.29, 1.82) is 0 Å². The van der Waals surface area contributed by atoms with Crippen molar-refractivity contribution in [1.82, 2.24) is 10.1 Å². The molecular formula is C15H16FN3O3. The number of carbonyl (C=O) groups is 1. The van der Waals surface area contributed by atoms with Crippen LogP contribution in [0.2, 0.25) is 0 Å². The highest BCUT2D eigenvalue weighted by molar-refractivity contribution is 5.89. The number of halogens is 1. The number of rotatable bonds is 5. The molecule has 0 unspecified atom stereocenters. The minimum absolute atomic E-state index is 0.0798. The lowest BCUT2D eigenvalue weighted by atomic mass is 10.2. The third-order valence-corrected chi connectivity index (χ3v) is 3.46. The number of urea groups is 1. The van der Waals surface area contributed by atoms with E-state index in [1.807, 2.05) is 0 Å². The zero-order valence-electron chi connectivity index (χ0n) is 11.8. The summed E-state index contributed by atoms with van der Waals surface area (Å²) in [6.45, 7) is 0.211. The Morgan fingerprint density at radius 1 is 1.41 bits per heavy atom. The summed E-state index contributed by atoms with van der Waals surface area (Å²) in [5.41, 5.74) is 0.670. The molecule has 6 nitrogen and oxygen atoms in total. The van der Waals surface area contributed by atoms with E-state index in [4.69, 9.17) is 9.63 Å². The van der Waals surface area contributed by atoms with Crippen molar-refractivity contribution in [3.63, 3.8) is 0 Å². The number of aromatic nitrogens is 1. The van der Waals surface area contributed by atoms with Gasteiger partial charge in [-0.25, -0.2) is 9.18 Å². The third kappa shape index (κ3) is 3.25. The number of hydrogen-bond acceptors (Lipinski definition) is 4. The number of aliphatic hydroxyl groups excluding tert-OH is 1. The maximum absolute atomic E-state index is 12.9. The van der Waals surface area contributed by atoms with Crippen LogP contribution in [-0.4, -0.2) is 40.4 Å². The molecule has 2 amide bonds. The number of nitrogens with zero attached hydrogens (tertiary/aromatic N) is 2. The molecule has 0 radical (unpaired) electrons. The molecule has 1 heterocycles. The maximum Gasteiger partial charge on any atom is 0.323 e. The number of hydrogen-bond donors (Lipinski definition) is 2. The summed E-state index contributed by atoms with van der Waals surface area (Å²) >= 11 is 0. The molecule has 1 fully saturated rings. The summed E-state index contributed by atoms with van der Waals surface area (Å²) in [7, 11) is 0. The second-order valence-corrected chi connectivity index (χ2v) is 5.16. The number of benzene rings is 1. The molecule has 1 aromatic heterocycles. The van der Waals surface area contributed by atoms with Gasteiger partial charge in [-0.05, 0) is 37.1 Å². The molecule has 7 heteroatoms. The molecule has 0 spiro atoms. The van der Waals surface area contributed by atoms with E-state index in [2.05, 4.69) is 10.5 Å². The van der Waals surface area contributed by atoms with E-state index in [0.29, 0.717) is 17.9 Å². The van der Waals surface area contributed by atoms with Gasteiger partial charge in [-0.1, -0.05) is 5.16 Å². The first-order chi connectivity index (χ1) is 10.7. The smallest absolute Gasteiger partial charge is 0.323 e. The zero-order chi connectivity index (χ0) is 15.5. The van der Waals surface area contributed by atoms with Crippen molar-refractivity contribution in [2.75, 3.05) is 18.5 Å². The van der Waals surface area contributed by atoms with Gasteiger partial charge in [-0.15, -0.1) is 0 Å². The molecule has 1 aromatic carbocycles. The molecule has 3 rings (SSSR count). The lowest BCUT2D eigenvalue weighted by molar-refractivity contribution is 0.185. The predicted molar refractivity (Wildman–Crippen MR) is 77.7 cm³/mol. The summed E-state index contributed by atoms with van der Waals surface area (Å²) in [6, 6.07) is 7.26. The number of carbonyl (C=O) groups excluding carboxylic acids is 1. The summed E-state index contributed by atoms with van der Waals surface area (Å²) < 4.78 is 18.0. The van der Waals surface area contributed by atoms with Crippen LogP contribution in [0.5, 0.6) is 0 Å². The van der Waals surface area contributed by atoms with E-state index < -0.39 is 0 Å². The largest absolute Gasteiger partial charge is 0.395 e. The van der Waals surface area contributed by atoms with E-state index in [9.17, 15) is 9.18 Å². The molecular weight excluding hydrogens is 289 g/mol. The Morgan fingerprint density at radius 3 is 2.77 bits per heavy atom. The van der Waals surface area contributed by atoms with Gasteiger partial charge in [0.05, 0.1) is 6.61 Å². The molecule has 0 saturated heterocycles. The van der Waals surface area contributed by atoms with Crippen LogP contribution in [0.25, 0.3) is 11.3 Å². The van der Waals surface area contributed by atoms with Crippen LogP contribution >= 0.6 is 0 Å². The van der Waals surface area contributed by atoms with Gasteiger partial charge in [-0.2, -0.15) is 0 Å². The summed E-state index contributed by atoms with van der Waals surface area (Å²) in [5.74, 6) is 0.393. The Labute approximate surface area is 126 Å². The van der Waals surface area contributed by atoms with Crippen LogP contribution < -0.4 is 5.32 Å². The number of anilines is 1. The van der Waals surface area contributed by atoms with Gasteiger partial charge in [0.1, 0.15) is 5.82 Å². The molecule has 116 valence electrons. The molecule has 2 N–H and O–H groups in total. The second kappa shape index (κ2) is 6.15. The Morgan fingerprint density at radius 2 is 2.14 bits per heavy atom. The quantitative estimate of drug-likeness (QED) is 0.889. The zero-order valence-corrected chi connectivity index (χ0v) is 11.8. The van der Waals surface area contributed by atoms with Gasteiger partial charge < -0.3 is 14.5 Å². The molecule has 0 aliphatic heterocycles. The standard InChI is InChI=1S/C15H16FN3O3/c16-11-3-1-10(2-4-11)13-9-14(18-22-13)17-15(21)19(7-8-20)12-5-6-12/h1-4,9,12,20H,5-8H2,(H,17,18,21). The average Bonchev–Trinajstić information content (AvgIpc) is 3.25. The fourth-order valence-electron chi connectivity index (χ4n) is 2.21. The van der Waals surface area contributed by atoms with Crippen LogP contribution in [0.3, 0.4) is 0 Å². The van der Waals surface area contributed by atoms with Gasteiger partial charge in [0.2, 0.25) is 0 Å². The predicted octanol–water partition coefficient (Wildman–Crippen LogP) is 2.47. The molecule has 0 atom stereocenters. The van der Waals surface area contributed by atoms with Crippen molar-refractivity contribution >= 4 is 11.8 Å². The molecule has 1 aliphatic carbocycles. The van der Waals surface area contributed by atoms with Gasteiger partial charge in [-0.3, -0.25) is 5.32 Å². The third-order valence-electron chi connectivity index (χ3n) is 3.46. The van der Waals surface area contributed by atoms with Crippen molar-refractivity contribution in [3.05, 3.63) is 36.1 Å². The Kier molecular flexibility index (Phi) is 4.06. The van der Waals surface area contributed by atoms with E-state index in [-0.39, 0.29) is 30.3 Å². The Balaban J connectivity index is 1.68. The highest BCUT2D eigenvalue weighted by Gasteiger charge is 2.32. The molecule has 1 aliphatic rings. The van der Waals surface area contributed by atoms with E-state index in [0.717, 1.165) is 12.8 Å². The normalized spacial score (nSPS) is 13.9. The Bertz CT molecular complexity index is 652. The minimum atomic E-state index is -0.333. The van der Waals surface area contributed by atoms with Crippen LogP contribution in [0.1, 0.15) is 12.8 Å². The van der Waals surface area contributed by atoms with Gasteiger partial charge >= 0.3 is 6.03 Å². The molecule has 2 aromatic rings. The first-order valence-electron chi connectivity index (χ1n) is 7.08. The minimum Gasteiger partial charge on any atom is -0.395 e. The molecule has 22 heavy (non-hydrogen) atoms.